The van der Waals surface area contributed by atoms with Crippen LogP contribution in [0.3, 0.4) is 0 Å². The first-order valence-electron chi connectivity index (χ1n) is 9.63. The average molecular weight is 363 g/mol. The van der Waals surface area contributed by atoms with E-state index < -0.39 is 11.9 Å². The van der Waals surface area contributed by atoms with E-state index in [1.807, 2.05) is 31.2 Å². The van der Waals surface area contributed by atoms with Gasteiger partial charge in [-0.1, -0.05) is 19.3 Å². The number of rotatable bonds is 7. The molecule has 0 spiro atoms. The van der Waals surface area contributed by atoms with Gasteiger partial charge in [0.15, 0.2) is 6.29 Å². The molecular weight excluding hydrogens is 334 g/mol. The molecular formula is C20H29NO5. The lowest BCUT2D eigenvalue weighted by Crippen LogP contribution is -2.55. The third-order valence-electron chi connectivity index (χ3n) is 5.00. The molecule has 1 aliphatic heterocycles. The highest BCUT2D eigenvalue weighted by molar-refractivity contribution is 5.66. The number of benzene rings is 1. The summed E-state index contributed by atoms with van der Waals surface area (Å²) < 4.78 is 22.7. The predicted octanol–water partition coefficient (Wildman–Crippen LogP) is 3.94. The molecule has 0 radical (unpaired) electrons. The third-order valence-corrected chi connectivity index (χ3v) is 5.00. The molecule has 2 fully saturated rings. The molecule has 6 heteroatoms. The standard InChI is InChI=1S/C20H29NO5/c1-3-23-19(22)21-13-14-24-18-11-9-17(10-12-18)20(25-15(2)26-20)16-7-5-4-6-8-16/h9-12,15-16H,3-8,13-14H2,1-2H3,(H,21,22). The van der Waals surface area contributed by atoms with E-state index >= 15 is 0 Å². The van der Waals surface area contributed by atoms with Crippen LogP contribution < -0.4 is 10.1 Å². The summed E-state index contributed by atoms with van der Waals surface area (Å²) >= 11 is 0. The van der Waals surface area contributed by atoms with Crippen molar-refractivity contribution in [1.29, 1.82) is 0 Å². The molecule has 1 aromatic carbocycles. The molecule has 1 N–H and O–H groups in total. The van der Waals surface area contributed by atoms with Crippen LogP contribution in [0.15, 0.2) is 24.3 Å². The second-order valence-corrected chi connectivity index (χ2v) is 6.83. The van der Waals surface area contributed by atoms with Crippen molar-refractivity contribution in [3.05, 3.63) is 29.8 Å². The number of hydrogen-bond acceptors (Lipinski definition) is 5. The molecule has 144 valence electrons. The fraction of sp³-hybridized carbons (Fsp3) is 0.650. The van der Waals surface area contributed by atoms with Crippen LogP contribution in [0, 0.1) is 5.92 Å². The molecule has 3 rings (SSSR count). The van der Waals surface area contributed by atoms with Gasteiger partial charge >= 0.3 is 6.09 Å². The van der Waals surface area contributed by atoms with Gasteiger partial charge in [0.05, 0.1) is 13.2 Å². The first-order chi connectivity index (χ1) is 12.6. The Balaban J connectivity index is 1.55. The van der Waals surface area contributed by atoms with Gasteiger partial charge in [0, 0.05) is 11.5 Å². The van der Waals surface area contributed by atoms with E-state index in [0.717, 1.165) is 24.2 Å². The summed E-state index contributed by atoms with van der Waals surface area (Å²) in [7, 11) is 0. The van der Waals surface area contributed by atoms with E-state index in [1.54, 1.807) is 6.92 Å². The number of alkyl carbamates (subject to hydrolysis) is 1. The number of hydrogen-bond donors (Lipinski definition) is 1. The Labute approximate surface area is 155 Å². The van der Waals surface area contributed by atoms with E-state index in [0.29, 0.717) is 25.7 Å². The van der Waals surface area contributed by atoms with Crippen LogP contribution in [-0.2, 0) is 20.0 Å². The third kappa shape index (κ3) is 4.30. The summed E-state index contributed by atoms with van der Waals surface area (Å²) in [6.07, 6.45) is 5.49. The lowest BCUT2D eigenvalue weighted by molar-refractivity contribution is -0.476. The molecule has 0 atom stereocenters. The SMILES string of the molecule is CCOC(=O)NCCOc1ccc(C2(C3CCCCC3)OC(C)O2)cc1. The van der Waals surface area contributed by atoms with Gasteiger partial charge in [-0.2, -0.15) is 0 Å². The Morgan fingerprint density at radius 2 is 1.88 bits per heavy atom. The zero-order valence-corrected chi connectivity index (χ0v) is 15.7. The van der Waals surface area contributed by atoms with E-state index in [9.17, 15) is 4.79 Å². The monoisotopic (exact) mass is 363 g/mol. The van der Waals surface area contributed by atoms with E-state index in [-0.39, 0.29) is 6.29 Å². The quantitative estimate of drug-likeness (QED) is 0.744. The summed E-state index contributed by atoms with van der Waals surface area (Å²) in [5, 5.41) is 2.63. The summed E-state index contributed by atoms with van der Waals surface area (Å²) in [6.45, 7) is 4.86. The van der Waals surface area contributed by atoms with Gasteiger partial charge < -0.3 is 24.3 Å². The number of carbonyl (C=O) groups is 1. The maximum atomic E-state index is 11.2. The zero-order chi connectivity index (χ0) is 18.4. The van der Waals surface area contributed by atoms with Gasteiger partial charge in [-0.15, -0.1) is 0 Å². The van der Waals surface area contributed by atoms with Gasteiger partial charge in [0.1, 0.15) is 12.4 Å². The molecule has 1 aromatic rings. The minimum absolute atomic E-state index is 0.151. The highest BCUT2D eigenvalue weighted by atomic mass is 16.9. The molecule has 1 amide bonds. The van der Waals surface area contributed by atoms with Crippen molar-refractivity contribution < 1.29 is 23.7 Å². The van der Waals surface area contributed by atoms with Crippen molar-refractivity contribution in [2.45, 2.75) is 58.0 Å². The summed E-state index contributed by atoms with van der Waals surface area (Å²) in [6, 6.07) is 7.91. The lowest BCUT2D eigenvalue weighted by Gasteiger charge is -2.52. The van der Waals surface area contributed by atoms with Crippen LogP contribution in [-0.4, -0.2) is 32.1 Å². The van der Waals surface area contributed by atoms with Crippen LogP contribution in [0.1, 0.15) is 51.5 Å². The van der Waals surface area contributed by atoms with Gasteiger partial charge in [-0.3, -0.25) is 0 Å². The molecule has 1 aliphatic carbocycles. The topological polar surface area (TPSA) is 66.0 Å². The van der Waals surface area contributed by atoms with E-state index in [4.69, 9.17) is 18.9 Å². The second-order valence-electron chi connectivity index (χ2n) is 6.83. The largest absolute Gasteiger partial charge is 0.492 e. The average Bonchev–Trinajstić information content (AvgIpc) is 2.64. The maximum absolute atomic E-state index is 11.2. The lowest BCUT2D eigenvalue weighted by atomic mass is 9.79. The van der Waals surface area contributed by atoms with Crippen molar-refractivity contribution >= 4 is 6.09 Å². The molecule has 2 aliphatic rings. The van der Waals surface area contributed by atoms with E-state index in [1.165, 1.54) is 19.3 Å². The van der Waals surface area contributed by atoms with Crippen molar-refractivity contribution in [1.82, 2.24) is 5.32 Å². The molecule has 6 nitrogen and oxygen atoms in total. The minimum atomic E-state index is -0.593. The Bertz CT molecular complexity index is 576. The first kappa shape index (κ1) is 19.0. The van der Waals surface area contributed by atoms with Crippen LogP contribution in [0.4, 0.5) is 4.79 Å². The fourth-order valence-corrected chi connectivity index (χ4v) is 3.84. The Morgan fingerprint density at radius 3 is 2.50 bits per heavy atom. The van der Waals surface area contributed by atoms with Crippen molar-refractivity contribution in [3.63, 3.8) is 0 Å². The molecule has 0 unspecified atom stereocenters. The molecule has 1 heterocycles. The summed E-state index contributed by atoms with van der Waals surface area (Å²) in [4.78, 5) is 11.2. The number of nitrogens with one attached hydrogen (secondary N) is 1. The van der Waals surface area contributed by atoms with Gasteiger partial charge in [-0.25, -0.2) is 4.79 Å². The molecule has 26 heavy (non-hydrogen) atoms. The van der Waals surface area contributed by atoms with Crippen molar-refractivity contribution in [3.8, 4) is 5.75 Å². The smallest absolute Gasteiger partial charge is 0.407 e. The Kier molecular flexibility index (Phi) is 6.38. The maximum Gasteiger partial charge on any atom is 0.407 e. The van der Waals surface area contributed by atoms with E-state index in [2.05, 4.69) is 5.32 Å². The predicted molar refractivity (Wildman–Crippen MR) is 96.8 cm³/mol. The molecule has 0 bridgehead atoms. The van der Waals surface area contributed by atoms with Crippen molar-refractivity contribution in [2.24, 2.45) is 5.92 Å². The normalized spacial score (nSPS) is 26.0. The van der Waals surface area contributed by atoms with Crippen LogP contribution in [0.25, 0.3) is 0 Å². The Hall–Kier alpha value is -1.79. The number of amides is 1. The molecule has 1 saturated carbocycles. The van der Waals surface area contributed by atoms with Gasteiger partial charge in [0.2, 0.25) is 5.79 Å². The second kappa shape index (κ2) is 8.73. The summed E-state index contributed by atoms with van der Waals surface area (Å²) in [5.74, 6) is 0.572. The number of carbonyl (C=O) groups excluding carboxylic acids is 1. The van der Waals surface area contributed by atoms with Gasteiger partial charge in [-0.05, 0) is 51.0 Å². The molecule has 1 saturated heterocycles. The highest BCUT2D eigenvalue weighted by Crippen LogP contribution is 2.50. The van der Waals surface area contributed by atoms with Crippen LogP contribution >= 0.6 is 0 Å². The zero-order valence-electron chi connectivity index (χ0n) is 15.7. The molecule has 0 aromatic heterocycles. The first-order valence-corrected chi connectivity index (χ1v) is 9.63. The Morgan fingerprint density at radius 1 is 1.19 bits per heavy atom. The van der Waals surface area contributed by atoms with Crippen LogP contribution in [0.5, 0.6) is 5.75 Å². The van der Waals surface area contributed by atoms with Gasteiger partial charge in [0.25, 0.3) is 0 Å². The fourth-order valence-electron chi connectivity index (χ4n) is 3.84. The van der Waals surface area contributed by atoms with Crippen LogP contribution in [0.2, 0.25) is 0 Å². The number of ether oxygens (including phenoxy) is 4. The minimum Gasteiger partial charge on any atom is -0.492 e. The highest BCUT2D eigenvalue weighted by Gasteiger charge is 2.52. The summed E-state index contributed by atoms with van der Waals surface area (Å²) in [5.41, 5.74) is 1.06. The van der Waals surface area contributed by atoms with Crippen molar-refractivity contribution in [2.75, 3.05) is 19.8 Å².